The number of H-pyrrole nitrogens is 1. The van der Waals surface area contributed by atoms with Crippen LogP contribution in [-0.2, 0) is 21.2 Å². The summed E-state index contributed by atoms with van der Waals surface area (Å²) in [7, 11) is -4.03. The van der Waals surface area contributed by atoms with Gasteiger partial charge in [-0.05, 0) is 29.8 Å². The minimum absolute atomic E-state index is 0.0874. The number of aromatic amines is 1. The van der Waals surface area contributed by atoms with Gasteiger partial charge in [-0.1, -0.05) is 24.3 Å². The van der Waals surface area contributed by atoms with Crippen LogP contribution in [0.25, 0.3) is 10.9 Å². The maximum atomic E-state index is 11.4. The second-order valence-corrected chi connectivity index (χ2v) is 6.86. The summed E-state index contributed by atoms with van der Waals surface area (Å²) < 4.78 is 24.1. The number of carbonyl (C=O) groups is 2. The molecule has 27 heavy (non-hydrogen) atoms. The molecule has 1 amide bonds. The van der Waals surface area contributed by atoms with Gasteiger partial charge in [0.2, 0.25) is 0 Å². The van der Waals surface area contributed by atoms with E-state index in [1.165, 1.54) is 35.3 Å². The van der Waals surface area contributed by atoms with E-state index in [0.29, 0.717) is 17.2 Å². The molecule has 0 aliphatic carbocycles. The number of carbonyl (C=O) groups excluding carboxylic acids is 1. The molecule has 3 N–H and O–H groups in total. The zero-order valence-electron chi connectivity index (χ0n) is 13.8. The van der Waals surface area contributed by atoms with E-state index in [2.05, 4.69) is 9.97 Å². The van der Waals surface area contributed by atoms with E-state index in [0.717, 1.165) is 5.52 Å². The van der Waals surface area contributed by atoms with Crippen molar-refractivity contribution in [3.8, 4) is 0 Å². The Hall–Kier alpha value is -3.53. The Labute approximate surface area is 153 Å². The summed E-state index contributed by atoms with van der Waals surface area (Å²) in [5.74, 6) is 0. The predicted octanol–water partition coefficient (Wildman–Crippen LogP) is 1.31. The minimum atomic E-state index is -4.03. The molecule has 0 aliphatic rings. The van der Waals surface area contributed by atoms with Crippen molar-refractivity contribution in [2.45, 2.75) is 11.3 Å². The second kappa shape index (κ2) is 8.72. The zero-order chi connectivity index (χ0) is 19.9. The quantitative estimate of drug-likeness (QED) is 0.570. The van der Waals surface area contributed by atoms with Crippen molar-refractivity contribution < 1.29 is 23.1 Å². The van der Waals surface area contributed by atoms with Crippen LogP contribution in [0, 0.1) is 0 Å². The molecule has 0 aliphatic heterocycles. The highest BCUT2D eigenvalue weighted by Gasteiger charge is 2.16. The van der Waals surface area contributed by atoms with E-state index >= 15 is 0 Å². The molecule has 3 rings (SSSR count). The molecular formula is C17H15N3O6S. The first kappa shape index (κ1) is 19.8. The van der Waals surface area contributed by atoms with Gasteiger partial charge in [0.25, 0.3) is 15.6 Å². The van der Waals surface area contributed by atoms with E-state index in [9.17, 15) is 22.8 Å². The van der Waals surface area contributed by atoms with Crippen LogP contribution in [0.15, 0.2) is 64.5 Å². The molecule has 0 fully saturated rings. The van der Waals surface area contributed by atoms with Gasteiger partial charge in [-0.25, -0.2) is 22.9 Å². The van der Waals surface area contributed by atoms with Crippen LogP contribution in [0.3, 0.4) is 0 Å². The largest absolute Gasteiger partial charge is 0.464 e. The van der Waals surface area contributed by atoms with Crippen LogP contribution < -0.4 is 10.3 Å². The van der Waals surface area contributed by atoms with Crippen LogP contribution in [0.5, 0.6) is 0 Å². The number of amides is 1. The molecule has 0 unspecified atom stereocenters. The average Bonchev–Trinajstić information content (AvgIpc) is 2.62. The molecule has 140 valence electrons. The third kappa shape index (κ3) is 5.47. The molecule has 1 heterocycles. The Morgan fingerprint density at radius 1 is 1.15 bits per heavy atom. The molecule has 2 aromatic carbocycles. The summed E-state index contributed by atoms with van der Waals surface area (Å²) in [6.07, 6.45) is 0.646. The van der Waals surface area contributed by atoms with Gasteiger partial charge in [0.05, 0.1) is 22.1 Å². The van der Waals surface area contributed by atoms with Crippen LogP contribution in [0.4, 0.5) is 4.79 Å². The van der Waals surface area contributed by atoms with Crippen LogP contribution in [0.1, 0.15) is 5.56 Å². The Morgan fingerprint density at radius 2 is 1.81 bits per heavy atom. The topological polar surface area (TPSA) is 146 Å². The predicted molar refractivity (Wildman–Crippen MR) is 96.9 cm³/mol. The molecular weight excluding hydrogens is 374 g/mol. The van der Waals surface area contributed by atoms with E-state index in [4.69, 9.17) is 5.11 Å². The number of hydrogen-bond acceptors (Lipinski definition) is 6. The Morgan fingerprint density at radius 3 is 2.41 bits per heavy atom. The smallest absolute Gasteiger partial charge is 0.418 e. The van der Waals surface area contributed by atoms with Gasteiger partial charge in [0.15, 0.2) is 0 Å². The highest BCUT2D eigenvalue weighted by atomic mass is 32.2. The molecule has 0 atom stereocenters. The lowest BCUT2D eigenvalue weighted by atomic mass is 10.2. The maximum Gasteiger partial charge on any atom is 0.418 e. The fraction of sp³-hybridized carbons (Fsp3) is 0.0588. The minimum Gasteiger partial charge on any atom is -0.464 e. The molecule has 10 heteroatoms. The van der Waals surface area contributed by atoms with Crippen LogP contribution in [0.2, 0.25) is 0 Å². The van der Waals surface area contributed by atoms with E-state index in [1.54, 1.807) is 6.07 Å². The first-order valence-corrected chi connectivity index (χ1v) is 9.02. The standard InChI is InChI=1S/C9H9NO5S.C8H6N2O/c11-6-5-7-1-3-8(4-2-7)16(14,15)10-9(12)13;11-8-6-3-1-2-4-7(6)9-5-10-8/h1-4,6,10H,5H2,(H,12,13);1-5H,(H,9,10,11). The summed E-state index contributed by atoms with van der Waals surface area (Å²) >= 11 is 0. The van der Waals surface area contributed by atoms with Gasteiger partial charge in [0, 0.05) is 6.42 Å². The van der Waals surface area contributed by atoms with Gasteiger partial charge in [-0.2, -0.15) is 0 Å². The number of aromatic nitrogens is 2. The maximum absolute atomic E-state index is 11.4. The van der Waals surface area contributed by atoms with E-state index < -0.39 is 16.1 Å². The molecule has 1 aromatic heterocycles. The summed E-state index contributed by atoms with van der Waals surface area (Å²) in [6, 6.07) is 12.6. The first-order valence-electron chi connectivity index (χ1n) is 7.54. The lowest BCUT2D eigenvalue weighted by Gasteiger charge is -2.03. The van der Waals surface area contributed by atoms with E-state index in [-0.39, 0.29) is 16.9 Å². The SMILES string of the molecule is O=CCc1ccc(S(=O)(=O)NC(=O)O)cc1.O=c1[nH]cnc2ccccc12. The van der Waals surface area contributed by atoms with Crippen molar-refractivity contribution in [1.82, 2.24) is 14.7 Å². The summed E-state index contributed by atoms with van der Waals surface area (Å²) in [5.41, 5.74) is 1.30. The van der Waals surface area contributed by atoms with Gasteiger partial charge in [0.1, 0.15) is 6.29 Å². The number of sulfonamides is 1. The molecule has 0 bridgehead atoms. The number of para-hydroxylation sites is 1. The van der Waals surface area contributed by atoms with Gasteiger partial charge >= 0.3 is 6.09 Å². The fourth-order valence-electron chi connectivity index (χ4n) is 2.09. The Bertz CT molecular complexity index is 1100. The number of hydrogen-bond donors (Lipinski definition) is 3. The van der Waals surface area contributed by atoms with Gasteiger partial charge in [-0.3, -0.25) is 4.79 Å². The Kier molecular flexibility index (Phi) is 6.39. The number of benzene rings is 2. The molecule has 0 saturated carbocycles. The second-order valence-electron chi connectivity index (χ2n) is 5.17. The number of carboxylic acid groups (broad SMARTS) is 1. The van der Waals surface area contributed by atoms with Crippen molar-refractivity contribution in [1.29, 1.82) is 0 Å². The zero-order valence-corrected chi connectivity index (χ0v) is 14.6. The highest BCUT2D eigenvalue weighted by Crippen LogP contribution is 2.10. The normalized spacial score (nSPS) is 10.5. The third-order valence-electron chi connectivity index (χ3n) is 3.32. The van der Waals surface area contributed by atoms with Crippen LogP contribution in [-0.4, -0.2) is 35.9 Å². The highest BCUT2D eigenvalue weighted by molar-refractivity contribution is 7.90. The van der Waals surface area contributed by atoms with Crippen LogP contribution >= 0.6 is 0 Å². The van der Waals surface area contributed by atoms with Gasteiger partial charge in [-0.15, -0.1) is 0 Å². The van der Waals surface area contributed by atoms with Crippen molar-refractivity contribution in [3.05, 3.63) is 70.8 Å². The number of aldehydes is 1. The van der Waals surface area contributed by atoms with Crippen molar-refractivity contribution >= 4 is 33.3 Å². The number of nitrogens with one attached hydrogen (secondary N) is 2. The summed E-state index contributed by atoms with van der Waals surface area (Å²) in [4.78, 5) is 37.8. The van der Waals surface area contributed by atoms with E-state index in [1.807, 2.05) is 18.2 Å². The fourth-order valence-corrected chi connectivity index (χ4v) is 2.93. The molecule has 9 nitrogen and oxygen atoms in total. The summed E-state index contributed by atoms with van der Waals surface area (Å²) in [6.45, 7) is 0. The molecule has 0 spiro atoms. The van der Waals surface area contributed by atoms with Crippen molar-refractivity contribution in [2.24, 2.45) is 0 Å². The molecule has 3 aromatic rings. The lowest BCUT2D eigenvalue weighted by molar-refractivity contribution is -0.107. The number of rotatable bonds is 4. The first-order chi connectivity index (χ1) is 12.8. The monoisotopic (exact) mass is 389 g/mol. The number of fused-ring (bicyclic) bond motifs is 1. The summed E-state index contributed by atoms with van der Waals surface area (Å²) in [5, 5.41) is 8.95. The molecule has 0 radical (unpaired) electrons. The lowest BCUT2D eigenvalue weighted by Crippen LogP contribution is -2.28. The van der Waals surface area contributed by atoms with Crippen molar-refractivity contribution in [3.63, 3.8) is 0 Å². The molecule has 0 saturated heterocycles. The number of nitrogens with zero attached hydrogens (tertiary/aromatic N) is 1. The average molecular weight is 389 g/mol. The van der Waals surface area contributed by atoms with Gasteiger partial charge < -0.3 is 14.9 Å². The van der Waals surface area contributed by atoms with Crippen molar-refractivity contribution in [2.75, 3.05) is 0 Å². The Balaban J connectivity index is 0.000000206. The third-order valence-corrected chi connectivity index (χ3v) is 4.66.